The van der Waals surface area contributed by atoms with Crippen molar-refractivity contribution in [1.29, 1.82) is 0 Å². The summed E-state index contributed by atoms with van der Waals surface area (Å²) in [5, 5.41) is 8.68. The van der Waals surface area contributed by atoms with Gasteiger partial charge in [-0.1, -0.05) is 0 Å². The van der Waals surface area contributed by atoms with Crippen molar-refractivity contribution >= 4 is 32.4 Å². The van der Waals surface area contributed by atoms with E-state index in [4.69, 9.17) is 5.73 Å². The SMILES string of the molecule is Nc1ccc2nn(-c3ccc(S(=O)(=O)Nc4ccc(F)cc4)cc3)nc2c1. The monoisotopic (exact) mass is 383 g/mol. The zero-order chi connectivity index (χ0) is 19.0. The molecule has 3 aromatic carbocycles. The number of rotatable bonds is 4. The van der Waals surface area contributed by atoms with E-state index >= 15 is 0 Å². The van der Waals surface area contributed by atoms with Gasteiger partial charge in [0.05, 0.1) is 10.6 Å². The average molecular weight is 383 g/mol. The van der Waals surface area contributed by atoms with Crippen LogP contribution in [0.15, 0.2) is 71.6 Å². The van der Waals surface area contributed by atoms with Crippen LogP contribution in [-0.2, 0) is 10.0 Å². The maximum absolute atomic E-state index is 12.9. The van der Waals surface area contributed by atoms with Gasteiger partial charge in [-0.25, -0.2) is 12.8 Å². The molecule has 27 heavy (non-hydrogen) atoms. The molecule has 0 saturated heterocycles. The number of nitrogens with zero attached hydrogens (tertiary/aromatic N) is 3. The van der Waals surface area contributed by atoms with Gasteiger partial charge in [-0.15, -0.1) is 10.2 Å². The molecule has 0 aliphatic heterocycles. The highest BCUT2D eigenvalue weighted by Gasteiger charge is 2.15. The normalized spacial score (nSPS) is 11.6. The first-order chi connectivity index (χ1) is 12.9. The molecule has 0 radical (unpaired) electrons. The fourth-order valence-corrected chi connectivity index (χ4v) is 3.60. The van der Waals surface area contributed by atoms with Gasteiger partial charge in [-0.3, -0.25) is 4.72 Å². The van der Waals surface area contributed by atoms with Crippen molar-refractivity contribution in [2.45, 2.75) is 4.90 Å². The highest BCUT2D eigenvalue weighted by Crippen LogP contribution is 2.19. The number of sulfonamides is 1. The van der Waals surface area contributed by atoms with Gasteiger partial charge in [0, 0.05) is 11.4 Å². The summed E-state index contributed by atoms with van der Waals surface area (Å²) in [6.45, 7) is 0. The topological polar surface area (TPSA) is 103 Å². The largest absolute Gasteiger partial charge is 0.399 e. The summed E-state index contributed by atoms with van der Waals surface area (Å²) in [5.74, 6) is -0.442. The molecule has 0 unspecified atom stereocenters. The van der Waals surface area contributed by atoms with Crippen LogP contribution in [0.3, 0.4) is 0 Å². The van der Waals surface area contributed by atoms with E-state index in [9.17, 15) is 12.8 Å². The first kappa shape index (κ1) is 17.0. The molecule has 4 aromatic rings. The third kappa shape index (κ3) is 3.44. The van der Waals surface area contributed by atoms with Crippen LogP contribution in [0, 0.1) is 5.82 Å². The van der Waals surface area contributed by atoms with E-state index < -0.39 is 15.8 Å². The molecule has 7 nitrogen and oxygen atoms in total. The van der Waals surface area contributed by atoms with Crippen LogP contribution in [0.5, 0.6) is 0 Å². The number of nitrogen functional groups attached to an aromatic ring is 1. The van der Waals surface area contributed by atoms with Crippen LogP contribution in [0.1, 0.15) is 0 Å². The van der Waals surface area contributed by atoms with E-state index in [2.05, 4.69) is 14.9 Å². The number of anilines is 2. The van der Waals surface area contributed by atoms with E-state index in [1.165, 1.54) is 41.2 Å². The Hall–Kier alpha value is -3.46. The third-order valence-electron chi connectivity index (χ3n) is 3.88. The molecule has 4 rings (SSSR count). The number of nitrogens with two attached hydrogens (primary N) is 1. The molecular weight excluding hydrogens is 369 g/mol. The molecule has 0 spiro atoms. The lowest BCUT2D eigenvalue weighted by Gasteiger charge is -2.08. The van der Waals surface area contributed by atoms with Crippen molar-refractivity contribution in [2.24, 2.45) is 0 Å². The maximum Gasteiger partial charge on any atom is 0.261 e. The third-order valence-corrected chi connectivity index (χ3v) is 5.28. The summed E-state index contributed by atoms with van der Waals surface area (Å²) >= 11 is 0. The minimum atomic E-state index is -3.79. The fraction of sp³-hybridized carbons (Fsp3) is 0. The molecule has 1 aromatic heterocycles. The zero-order valence-electron chi connectivity index (χ0n) is 13.9. The number of fused-ring (bicyclic) bond motifs is 1. The second-order valence-corrected chi connectivity index (χ2v) is 7.53. The van der Waals surface area contributed by atoms with Gasteiger partial charge >= 0.3 is 0 Å². The molecule has 3 N–H and O–H groups in total. The van der Waals surface area contributed by atoms with Gasteiger partial charge < -0.3 is 5.73 Å². The molecule has 1 heterocycles. The number of hydrogen-bond acceptors (Lipinski definition) is 5. The molecule has 0 saturated carbocycles. The smallest absolute Gasteiger partial charge is 0.261 e. The highest BCUT2D eigenvalue weighted by molar-refractivity contribution is 7.92. The summed E-state index contributed by atoms with van der Waals surface area (Å²) in [7, 11) is -3.79. The second-order valence-electron chi connectivity index (χ2n) is 5.84. The number of benzene rings is 3. The average Bonchev–Trinajstić information content (AvgIpc) is 3.07. The van der Waals surface area contributed by atoms with Gasteiger partial charge in [0.15, 0.2) is 0 Å². The first-order valence-corrected chi connectivity index (χ1v) is 9.40. The Morgan fingerprint density at radius 2 is 1.56 bits per heavy atom. The van der Waals surface area contributed by atoms with Gasteiger partial charge in [-0.2, -0.15) is 4.80 Å². The van der Waals surface area contributed by atoms with Crippen LogP contribution in [0.4, 0.5) is 15.8 Å². The predicted octanol–water partition coefficient (Wildman–Crippen LogP) is 2.94. The Morgan fingerprint density at radius 1 is 0.889 bits per heavy atom. The molecule has 0 amide bonds. The lowest BCUT2D eigenvalue weighted by atomic mass is 10.3. The lowest BCUT2D eigenvalue weighted by molar-refractivity contribution is 0.601. The fourth-order valence-electron chi connectivity index (χ4n) is 2.54. The molecule has 0 bridgehead atoms. The van der Waals surface area contributed by atoms with Crippen molar-refractivity contribution in [3.63, 3.8) is 0 Å². The van der Waals surface area contributed by atoms with Crippen molar-refractivity contribution < 1.29 is 12.8 Å². The quantitative estimate of drug-likeness (QED) is 0.528. The zero-order valence-corrected chi connectivity index (χ0v) is 14.7. The van der Waals surface area contributed by atoms with Gasteiger partial charge in [-0.05, 0) is 66.7 Å². The summed E-state index contributed by atoms with van der Waals surface area (Å²) in [4.78, 5) is 1.48. The van der Waals surface area contributed by atoms with Crippen molar-refractivity contribution in [3.8, 4) is 5.69 Å². The van der Waals surface area contributed by atoms with E-state index in [0.717, 1.165) is 0 Å². The summed E-state index contributed by atoms with van der Waals surface area (Å²) < 4.78 is 40.3. The summed E-state index contributed by atoms with van der Waals surface area (Å²) in [6.07, 6.45) is 0. The maximum atomic E-state index is 12.9. The number of hydrogen-bond donors (Lipinski definition) is 2. The number of nitrogens with one attached hydrogen (secondary N) is 1. The van der Waals surface area contributed by atoms with E-state index in [1.807, 2.05) is 0 Å². The molecular formula is C18H14FN5O2S. The number of halogens is 1. The van der Waals surface area contributed by atoms with Crippen LogP contribution < -0.4 is 10.5 Å². The predicted molar refractivity (Wildman–Crippen MR) is 100 cm³/mol. The van der Waals surface area contributed by atoms with Crippen LogP contribution in [0.2, 0.25) is 0 Å². The van der Waals surface area contributed by atoms with Gasteiger partial charge in [0.1, 0.15) is 16.9 Å². The van der Waals surface area contributed by atoms with E-state index in [0.29, 0.717) is 22.4 Å². The van der Waals surface area contributed by atoms with Gasteiger partial charge in [0.25, 0.3) is 10.0 Å². The Labute approximate surface area is 154 Å². The first-order valence-electron chi connectivity index (χ1n) is 7.92. The van der Waals surface area contributed by atoms with Crippen LogP contribution in [-0.4, -0.2) is 23.4 Å². The Kier molecular flexibility index (Phi) is 4.00. The molecule has 0 aliphatic carbocycles. The Morgan fingerprint density at radius 3 is 2.26 bits per heavy atom. The molecule has 0 atom stereocenters. The Balaban J connectivity index is 1.61. The Bertz CT molecular complexity index is 1220. The molecule has 136 valence electrons. The van der Waals surface area contributed by atoms with Crippen molar-refractivity contribution in [1.82, 2.24) is 15.0 Å². The standard InChI is InChI=1S/C18H14FN5O2S/c19-12-1-4-14(5-2-12)23-27(25,26)16-8-6-15(7-9-16)24-21-17-10-3-13(20)11-18(17)22-24/h1-11,23H,20H2. The van der Waals surface area contributed by atoms with Crippen LogP contribution >= 0.6 is 0 Å². The van der Waals surface area contributed by atoms with Crippen molar-refractivity contribution in [2.75, 3.05) is 10.5 Å². The summed E-state index contributed by atoms with van der Waals surface area (Å²) in [5.41, 5.74) is 8.53. The highest BCUT2D eigenvalue weighted by atomic mass is 32.2. The molecule has 9 heteroatoms. The van der Waals surface area contributed by atoms with Crippen LogP contribution in [0.25, 0.3) is 16.7 Å². The van der Waals surface area contributed by atoms with E-state index in [-0.39, 0.29) is 10.6 Å². The van der Waals surface area contributed by atoms with Crippen molar-refractivity contribution in [3.05, 3.63) is 72.5 Å². The number of aromatic nitrogens is 3. The minimum Gasteiger partial charge on any atom is -0.399 e. The van der Waals surface area contributed by atoms with Gasteiger partial charge in [0.2, 0.25) is 0 Å². The second kappa shape index (κ2) is 6.36. The van der Waals surface area contributed by atoms with E-state index in [1.54, 1.807) is 30.3 Å². The molecule has 0 fully saturated rings. The summed E-state index contributed by atoms with van der Waals surface area (Å²) in [6, 6.07) is 16.4. The lowest BCUT2D eigenvalue weighted by Crippen LogP contribution is -2.13. The minimum absolute atomic E-state index is 0.0662. The molecule has 0 aliphatic rings.